The molecule has 2 heterocycles. The Morgan fingerprint density at radius 2 is 1.35 bits per heavy atom. The van der Waals surface area contributed by atoms with Gasteiger partial charge in [-0.15, -0.1) is 11.8 Å². The van der Waals surface area contributed by atoms with Crippen LogP contribution in [0.1, 0.15) is 48.3 Å². The summed E-state index contributed by atoms with van der Waals surface area (Å²) in [6, 6.07) is 8.51. The highest BCUT2D eigenvalue weighted by Gasteiger charge is 2.59. The van der Waals surface area contributed by atoms with Gasteiger partial charge in [-0.25, -0.2) is 0 Å². The van der Waals surface area contributed by atoms with Gasteiger partial charge in [-0.2, -0.15) is 0 Å². The van der Waals surface area contributed by atoms with E-state index in [1.54, 1.807) is 0 Å². The highest BCUT2D eigenvalue weighted by atomic mass is 32.2. The van der Waals surface area contributed by atoms with Crippen LogP contribution in [0.2, 0.25) is 0 Å². The number of benzene rings is 1. The van der Waals surface area contributed by atoms with E-state index in [-0.39, 0.29) is 36.0 Å². The van der Waals surface area contributed by atoms with Crippen LogP contribution in [0, 0.1) is 11.8 Å². The number of esters is 2. The van der Waals surface area contributed by atoms with Crippen molar-refractivity contribution < 1.29 is 19.1 Å². The number of hydrogen-bond donors (Lipinski definition) is 0. The van der Waals surface area contributed by atoms with Crippen molar-refractivity contribution in [1.82, 2.24) is 0 Å². The predicted octanol–water partition coefficient (Wildman–Crippen LogP) is 3.42. The Morgan fingerprint density at radius 1 is 0.913 bits per heavy atom. The lowest BCUT2D eigenvalue weighted by atomic mass is 9.66. The minimum Gasteiger partial charge on any atom is -0.462 e. The summed E-state index contributed by atoms with van der Waals surface area (Å²) in [7, 11) is 0. The fourth-order valence-electron chi connectivity index (χ4n) is 4.63. The molecule has 1 aromatic carbocycles. The largest absolute Gasteiger partial charge is 0.462 e. The molecule has 2 aliphatic heterocycles. The minimum atomic E-state index is -0.222. The summed E-state index contributed by atoms with van der Waals surface area (Å²) >= 11 is 1.94. The molecule has 4 rings (SSSR count). The summed E-state index contributed by atoms with van der Waals surface area (Å²) in [6.45, 7) is 2.95. The smallest absolute Gasteiger partial charge is 0.302 e. The molecule has 122 valence electrons. The SMILES string of the molecule is CC(=O)OC1CCC(OC(C)=O)[C@@H]2C1[C@@H]1S[C@H]2c2ccccc21. The van der Waals surface area contributed by atoms with Crippen LogP contribution in [0.3, 0.4) is 0 Å². The van der Waals surface area contributed by atoms with Crippen molar-refractivity contribution in [3.63, 3.8) is 0 Å². The van der Waals surface area contributed by atoms with Gasteiger partial charge in [-0.05, 0) is 24.0 Å². The quantitative estimate of drug-likeness (QED) is 0.777. The molecule has 1 aliphatic carbocycles. The van der Waals surface area contributed by atoms with Crippen molar-refractivity contribution in [3.8, 4) is 0 Å². The molecule has 1 saturated carbocycles. The lowest BCUT2D eigenvalue weighted by Gasteiger charge is -2.43. The van der Waals surface area contributed by atoms with Crippen LogP contribution in [-0.4, -0.2) is 24.1 Å². The van der Waals surface area contributed by atoms with E-state index in [1.807, 2.05) is 11.8 Å². The Labute approximate surface area is 139 Å². The average Bonchev–Trinajstić information content (AvgIpc) is 3.06. The molecule has 0 amide bonds. The van der Waals surface area contributed by atoms with Gasteiger partial charge in [0.1, 0.15) is 12.2 Å². The fourth-order valence-corrected chi connectivity index (χ4v) is 6.75. The molecule has 2 bridgehead atoms. The molecule has 1 saturated heterocycles. The van der Waals surface area contributed by atoms with Crippen LogP contribution in [0.5, 0.6) is 0 Å². The monoisotopic (exact) mass is 332 g/mol. The van der Waals surface area contributed by atoms with Crippen molar-refractivity contribution in [1.29, 1.82) is 0 Å². The average molecular weight is 332 g/mol. The van der Waals surface area contributed by atoms with E-state index < -0.39 is 0 Å². The molecular formula is C18H20O4S. The van der Waals surface area contributed by atoms with Crippen LogP contribution >= 0.6 is 11.8 Å². The van der Waals surface area contributed by atoms with Crippen LogP contribution in [0.15, 0.2) is 24.3 Å². The van der Waals surface area contributed by atoms with Gasteiger partial charge in [0.2, 0.25) is 0 Å². The molecule has 3 aliphatic rings. The van der Waals surface area contributed by atoms with Gasteiger partial charge in [0.25, 0.3) is 0 Å². The number of ether oxygens (including phenoxy) is 2. The molecule has 0 aromatic heterocycles. The first kappa shape index (κ1) is 15.1. The fraction of sp³-hybridized carbons (Fsp3) is 0.556. The van der Waals surface area contributed by atoms with Crippen molar-refractivity contribution in [2.45, 2.75) is 49.4 Å². The summed E-state index contributed by atoms with van der Waals surface area (Å²) in [6.07, 6.45) is 1.40. The Hall–Kier alpha value is -1.49. The number of hydrogen-bond acceptors (Lipinski definition) is 5. The summed E-state index contributed by atoms with van der Waals surface area (Å²) in [5.74, 6) is 0.0327. The molecule has 23 heavy (non-hydrogen) atoms. The van der Waals surface area contributed by atoms with Gasteiger partial charge in [-0.3, -0.25) is 9.59 Å². The summed E-state index contributed by atoms with van der Waals surface area (Å²) in [4.78, 5) is 23.0. The Morgan fingerprint density at radius 3 is 1.74 bits per heavy atom. The summed E-state index contributed by atoms with van der Waals surface area (Å²) < 4.78 is 11.3. The number of rotatable bonds is 2. The Kier molecular flexibility index (Phi) is 3.63. The van der Waals surface area contributed by atoms with Crippen LogP contribution in [0.4, 0.5) is 0 Å². The van der Waals surface area contributed by atoms with Crippen molar-refractivity contribution >= 4 is 23.7 Å². The number of fused-ring (bicyclic) bond motifs is 8. The molecule has 2 fully saturated rings. The second-order valence-electron chi connectivity index (χ2n) is 6.63. The standard InChI is InChI=1S/C18H20O4S/c1-9(19)21-13-7-8-14(22-10(2)20)16-15(13)17-11-5-3-4-6-12(11)18(16)23-17/h3-6,13-18H,7-8H2,1-2H3/t13?,14?,15-,16?,17+,18-/m1/s1. The summed E-state index contributed by atoms with van der Waals surface area (Å²) in [5, 5.41) is 0.674. The highest BCUT2D eigenvalue weighted by molar-refractivity contribution is 8.00. The zero-order valence-electron chi connectivity index (χ0n) is 13.2. The maximum atomic E-state index is 11.5. The van der Waals surface area contributed by atoms with Crippen molar-refractivity contribution in [2.75, 3.05) is 0 Å². The van der Waals surface area contributed by atoms with E-state index in [2.05, 4.69) is 24.3 Å². The topological polar surface area (TPSA) is 52.6 Å². The van der Waals surface area contributed by atoms with E-state index >= 15 is 0 Å². The molecule has 4 nitrogen and oxygen atoms in total. The van der Waals surface area contributed by atoms with Crippen molar-refractivity contribution in [2.24, 2.45) is 11.8 Å². The molecule has 6 atom stereocenters. The highest BCUT2D eigenvalue weighted by Crippen LogP contribution is 2.70. The molecule has 0 spiro atoms. The van der Waals surface area contributed by atoms with Gasteiger partial charge in [0.15, 0.2) is 0 Å². The second-order valence-corrected chi connectivity index (χ2v) is 7.92. The van der Waals surface area contributed by atoms with Crippen molar-refractivity contribution in [3.05, 3.63) is 35.4 Å². The Balaban J connectivity index is 1.71. The lowest BCUT2D eigenvalue weighted by molar-refractivity contribution is -0.166. The van der Waals surface area contributed by atoms with E-state index in [9.17, 15) is 9.59 Å². The normalized spacial score (nSPS) is 37.0. The molecule has 0 N–H and O–H groups in total. The first-order valence-corrected chi connectivity index (χ1v) is 9.09. The van der Waals surface area contributed by atoms with Crippen LogP contribution in [-0.2, 0) is 19.1 Å². The maximum Gasteiger partial charge on any atom is 0.302 e. The zero-order chi connectivity index (χ0) is 16.1. The van der Waals surface area contributed by atoms with E-state index in [0.29, 0.717) is 10.5 Å². The van der Waals surface area contributed by atoms with E-state index in [1.165, 1.54) is 25.0 Å². The van der Waals surface area contributed by atoms with Crippen LogP contribution in [0.25, 0.3) is 0 Å². The number of carbonyl (C=O) groups is 2. The van der Waals surface area contributed by atoms with Crippen LogP contribution < -0.4 is 0 Å². The maximum absolute atomic E-state index is 11.5. The molecule has 1 aromatic rings. The molecular weight excluding hydrogens is 312 g/mol. The zero-order valence-corrected chi connectivity index (χ0v) is 14.0. The van der Waals surface area contributed by atoms with E-state index in [4.69, 9.17) is 9.47 Å². The van der Waals surface area contributed by atoms with Gasteiger partial charge >= 0.3 is 11.9 Å². The first-order valence-electron chi connectivity index (χ1n) is 8.15. The van der Waals surface area contributed by atoms with Gasteiger partial charge in [-0.1, -0.05) is 24.3 Å². The van der Waals surface area contributed by atoms with E-state index in [0.717, 1.165) is 12.8 Å². The predicted molar refractivity (Wildman–Crippen MR) is 86.8 cm³/mol. The molecule has 0 radical (unpaired) electrons. The molecule has 5 heteroatoms. The van der Waals surface area contributed by atoms with Gasteiger partial charge in [0.05, 0.1) is 0 Å². The lowest BCUT2D eigenvalue weighted by Crippen LogP contribution is -2.46. The number of carbonyl (C=O) groups excluding carboxylic acids is 2. The van der Waals surface area contributed by atoms with Gasteiger partial charge < -0.3 is 9.47 Å². The summed E-state index contributed by atoms with van der Waals surface area (Å²) in [5.41, 5.74) is 2.73. The third kappa shape index (κ3) is 2.36. The minimum absolute atomic E-state index is 0.0693. The third-order valence-corrected chi connectivity index (χ3v) is 7.00. The number of thioether (sulfide) groups is 1. The first-order chi connectivity index (χ1) is 11.1. The third-order valence-electron chi connectivity index (χ3n) is 5.27. The Bertz CT molecular complexity index is 603. The second kappa shape index (κ2) is 5.55. The van der Waals surface area contributed by atoms with Gasteiger partial charge in [0, 0.05) is 36.2 Å². The molecule has 3 unspecified atom stereocenters.